The van der Waals surface area contributed by atoms with Crippen LogP contribution < -0.4 is 5.32 Å². The van der Waals surface area contributed by atoms with Crippen molar-refractivity contribution in [2.45, 2.75) is 69.4 Å². The van der Waals surface area contributed by atoms with E-state index in [-0.39, 0.29) is 18.2 Å². The van der Waals surface area contributed by atoms with Crippen molar-refractivity contribution in [3.8, 4) is 0 Å². The maximum absolute atomic E-state index is 13.7. The van der Waals surface area contributed by atoms with E-state index in [1.165, 1.54) is 17.4 Å². The number of aliphatic hydroxyl groups excluding tert-OH is 1. The monoisotopic (exact) mass is 502 g/mol. The van der Waals surface area contributed by atoms with E-state index in [0.717, 1.165) is 5.56 Å². The van der Waals surface area contributed by atoms with Gasteiger partial charge in [0.1, 0.15) is 5.60 Å². The van der Waals surface area contributed by atoms with Crippen LogP contribution in [0.3, 0.4) is 0 Å². The first-order valence-electron chi connectivity index (χ1n) is 10.9. The maximum Gasteiger partial charge on any atom is 0.273 e. The summed E-state index contributed by atoms with van der Waals surface area (Å²) in [7, 11) is 0. The lowest BCUT2D eigenvalue weighted by Crippen LogP contribution is -2.54. The number of halogens is 3. The molecule has 0 aromatic carbocycles. The molecule has 2 aromatic rings. The van der Waals surface area contributed by atoms with Gasteiger partial charge in [-0.25, -0.2) is 18.7 Å². The standard InChI is InChI=1S/C22H29ClF2N4O3S/c1-13-7-21(17-15(6-16(23)33-17)22(31,12-32-21)18(24)25)4-5-29(13)10-14-8-26-19(27-9-14)28-20(2,3)11-30/h6,8-9,13,18,30-31H,4-5,7,10-12H2,1-3H3,(H,26,27,28)/t13-,21+,22+/m0/s1. The third-order valence-corrected chi connectivity index (χ3v) is 7.95. The Morgan fingerprint density at radius 3 is 2.70 bits per heavy atom. The molecule has 2 aliphatic heterocycles. The van der Waals surface area contributed by atoms with Crippen molar-refractivity contribution in [3.63, 3.8) is 0 Å². The van der Waals surface area contributed by atoms with Crippen molar-refractivity contribution in [2.75, 3.05) is 25.1 Å². The fraction of sp³-hybridized carbons (Fsp3) is 0.636. The van der Waals surface area contributed by atoms with Gasteiger partial charge in [0.05, 0.1) is 23.1 Å². The van der Waals surface area contributed by atoms with Crippen molar-refractivity contribution < 1.29 is 23.7 Å². The number of alkyl halides is 2. The van der Waals surface area contributed by atoms with Crippen molar-refractivity contribution in [1.29, 1.82) is 0 Å². The summed E-state index contributed by atoms with van der Waals surface area (Å²) in [6, 6.07) is 1.55. The molecule has 1 fully saturated rings. The van der Waals surface area contributed by atoms with Gasteiger partial charge in [0.15, 0.2) is 5.60 Å². The Balaban J connectivity index is 1.47. The Morgan fingerprint density at radius 2 is 2.09 bits per heavy atom. The molecule has 0 aliphatic carbocycles. The first-order valence-corrected chi connectivity index (χ1v) is 12.1. The minimum Gasteiger partial charge on any atom is -0.394 e. The van der Waals surface area contributed by atoms with Crippen LogP contribution in [0.15, 0.2) is 18.5 Å². The van der Waals surface area contributed by atoms with Gasteiger partial charge in [-0.3, -0.25) is 4.90 Å². The molecule has 0 unspecified atom stereocenters. The van der Waals surface area contributed by atoms with Crippen molar-refractivity contribution >= 4 is 28.9 Å². The number of hydrogen-bond donors (Lipinski definition) is 3. The SMILES string of the molecule is C[C@H]1C[C@@]2(CCN1Cc1cnc(NC(C)(C)CO)nc1)OC[C@](O)(C(F)F)c1cc(Cl)sc12. The number of thiophene rings is 1. The van der Waals surface area contributed by atoms with Gasteiger partial charge >= 0.3 is 0 Å². The summed E-state index contributed by atoms with van der Waals surface area (Å²) < 4.78 is 33.7. The van der Waals surface area contributed by atoms with Crippen LogP contribution in [0.25, 0.3) is 0 Å². The molecule has 182 valence electrons. The lowest BCUT2D eigenvalue weighted by Gasteiger charge is -2.49. The number of rotatable bonds is 6. The van der Waals surface area contributed by atoms with Crippen LogP contribution in [0.2, 0.25) is 4.34 Å². The highest BCUT2D eigenvalue weighted by atomic mass is 35.5. The van der Waals surface area contributed by atoms with E-state index >= 15 is 0 Å². The first-order chi connectivity index (χ1) is 15.5. The second kappa shape index (κ2) is 8.98. The Labute approximate surface area is 200 Å². The molecule has 1 saturated heterocycles. The molecule has 4 rings (SSSR count). The number of aromatic nitrogens is 2. The molecule has 0 radical (unpaired) electrons. The van der Waals surface area contributed by atoms with Crippen LogP contribution in [-0.2, 0) is 22.5 Å². The Bertz CT molecular complexity index is 993. The van der Waals surface area contributed by atoms with E-state index in [4.69, 9.17) is 16.3 Å². The smallest absolute Gasteiger partial charge is 0.273 e. The number of nitrogens with zero attached hydrogens (tertiary/aromatic N) is 3. The molecule has 0 saturated carbocycles. The predicted molar refractivity (Wildman–Crippen MR) is 123 cm³/mol. The van der Waals surface area contributed by atoms with Crippen molar-refractivity contribution in [1.82, 2.24) is 14.9 Å². The first kappa shape index (κ1) is 24.7. The van der Waals surface area contributed by atoms with Gasteiger partial charge in [-0.1, -0.05) is 11.6 Å². The van der Waals surface area contributed by atoms with Gasteiger partial charge in [0.25, 0.3) is 6.43 Å². The van der Waals surface area contributed by atoms with E-state index in [9.17, 15) is 19.0 Å². The Hall–Kier alpha value is -1.43. The summed E-state index contributed by atoms with van der Waals surface area (Å²) in [6.07, 6.45) is 1.76. The molecule has 33 heavy (non-hydrogen) atoms. The molecule has 0 bridgehead atoms. The molecule has 3 atom stereocenters. The number of nitrogens with one attached hydrogen (secondary N) is 1. The minimum absolute atomic E-state index is 0.0426. The van der Waals surface area contributed by atoms with Crippen molar-refractivity contribution in [3.05, 3.63) is 38.8 Å². The number of anilines is 1. The van der Waals surface area contributed by atoms with Gasteiger partial charge in [0, 0.05) is 47.5 Å². The summed E-state index contributed by atoms with van der Waals surface area (Å²) >= 11 is 7.40. The zero-order valence-electron chi connectivity index (χ0n) is 18.8. The summed E-state index contributed by atoms with van der Waals surface area (Å²) in [6.45, 7) is 6.62. The third-order valence-electron chi connectivity index (χ3n) is 6.50. The number of fused-ring (bicyclic) bond motifs is 2. The molecular formula is C22H29ClF2N4O3S. The second-order valence-electron chi connectivity index (χ2n) is 9.66. The average Bonchev–Trinajstić information content (AvgIpc) is 3.18. The van der Waals surface area contributed by atoms with Crippen LogP contribution in [0, 0.1) is 0 Å². The van der Waals surface area contributed by atoms with Gasteiger partial charge in [0.2, 0.25) is 5.95 Å². The van der Waals surface area contributed by atoms with E-state index in [2.05, 4.69) is 27.1 Å². The molecule has 2 aromatic heterocycles. The highest BCUT2D eigenvalue weighted by Crippen LogP contribution is 2.53. The van der Waals surface area contributed by atoms with Crippen LogP contribution in [0.4, 0.5) is 14.7 Å². The molecule has 7 nitrogen and oxygen atoms in total. The zero-order chi connectivity index (χ0) is 24.0. The number of aliphatic hydroxyl groups is 2. The number of hydrogen-bond acceptors (Lipinski definition) is 8. The van der Waals surface area contributed by atoms with Crippen molar-refractivity contribution in [2.24, 2.45) is 0 Å². The average molecular weight is 503 g/mol. The molecule has 4 heterocycles. The highest BCUT2D eigenvalue weighted by Gasteiger charge is 2.54. The molecule has 1 spiro atoms. The number of likely N-dealkylation sites (tertiary alicyclic amines) is 1. The molecule has 3 N–H and O–H groups in total. The van der Waals surface area contributed by atoms with Crippen LogP contribution in [0.5, 0.6) is 0 Å². The summed E-state index contributed by atoms with van der Waals surface area (Å²) in [5.41, 5.74) is -2.44. The van der Waals surface area contributed by atoms with E-state index in [1.807, 2.05) is 13.8 Å². The molecule has 11 heteroatoms. The Morgan fingerprint density at radius 1 is 1.39 bits per heavy atom. The van der Waals surface area contributed by atoms with E-state index in [0.29, 0.717) is 41.1 Å². The minimum atomic E-state index is -2.96. The maximum atomic E-state index is 13.7. The van der Waals surface area contributed by atoms with E-state index < -0.39 is 29.8 Å². The molecule has 2 aliphatic rings. The van der Waals surface area contributed by atoms with Gasteiger partial charge < -0.3 is 20.3 Å². The fourth-order valence-corrected chi connectivity index (χ4v) is 5.98. The largest absolute Gasteiger partial charge is 0.394 e. The van der Waals surface area contributed by atoms with E-state index in [1.54, 1.807) is 12.4 Å². The quantitative estimate of drug-likeness (QED) is 0.554. The van der Waals surface area contributed by atoms with Gasteiger partial charge in [-0.2, -0.15) is 0 Å². The van der Waals surface area contributed by atoms with Gasteiger partial charge in [-0.15, -0.1) is 11.3 Å². The second-order valence-corrected chi connectivity index (χ2v) is 11.3. The van der Waals surface area contributed by atoms with Crippen LogP contribution in [0.1, 0.15) is 49.6 Å². The summed E-state index contributed by atoms with van der Waals surface area (Å²) in [4.78, 5) is 11.6. The molecular weight excluding hydrogens is 474 g/mol. The lowest BCUT2D eigenvalue weighted by atomic mass is 9.78. The zero-order valence-corrected chi connectivity index (χ0v) is 20.4. The third kappa shape index (κ3) is 4.74. The topological polar surface area (TPSA) is 90.7 Å². The Kier molecular flexibility index (Phi) is 6.71. The van der Waals surface area contributed by atoms with Gasteiger partial charge in [-0.05, 0) is 39.7 Å². The predicted octanol–water partition coefficient (Wildman–Crippen LogP) is 3.74. The van der Waals surface area contributed by atoms with Crippen LogP contribution in [-0.4, -0.2) is 62.8 Å². The normalized spacial score (nSPS) is 28.3. The molecule has 0 amide bonds. The summed E-state index contributed by atoms with van der Waals surface area (Å²) in [5.74, 6) is 0.452. The number of piperidine rings is 1. The number of ether oxygens (including phenoxy) is 1. The summed E-state index contributed by atoms with van der Waals surface area (Å²) in [5, 5.41) is 23.1. The van der Waals surface area contributed by atoms with Crippen LogP contribution >= 0.6 is 22.9 Å². The highest BCUT2D eigenvalue weighted by molar-refractivity contribution is 7.16. The lowest BCUT2D eigenvalue weighted by molar-refractivity contribution is -0.210. The fourth-order valence-electron chi connectivity index (χ4n) is 4.50.